The predicted molar refractivity (Wildman–Crippen MR) is 109 cm³/mol. The van der Waals surface area contributed by atoms with Crippen LogP contribution in [0.25, 0.3) is 0 Å². The number of halogens is 3. The zero-order valence-corrected chi connectivity index (χ0v) is 19.3. The summed E-state index contributed by atoms with van der Waals surface area (Å²) in [6.07, 6.45) is -4.81. The van der Waals surface area contributed by atoms with Crippen LogP contribution >= 0.6 is 10.3 Å². The Morgan fingerprint density at radius 1 is 1.17 bits per heavy atom. The van der Waals surface area contributed by atoms with Crippen LogP contribution in [0.15, 0.2) is 11.9 Å². The molecule has 6 nitrogen and oxygen atoms in total. The molecule has 1 unspecified atom stereocenters. The minimum atomic E-state index is -5.00. The molecule has 1 atom stereocenters. The number of carbonyl (C=O) groups is 2. The maximum atomic E-state index is 14.3. The summed E-state index contributed by atoms with van der Waals surface area (Å²) in [5.41, 5.74) is -4.43. The van der Waals surface area contributed by atoms with Gasteiger partial charge in [-0.15, -0.1) is 10.3 Å². The molecule has 0 aromatic rings. The van der Waals surface area contributed by atoms with Crippen LogP contribution < -0.4 is 0 Å². The number of likely N-dealkylation sites (tertiary alicyclic amines) is 1. The molecule has 1 fully saturated rings. The van der Waals surface area contributed by atoms with E-state index in [9.17, 15) is 22.8 Å². The second-order valence-corrected chi connectivity index (χ2v) is 11.9. The highest BCUT2D eigenvalue weighted by Crippen LogP contribution is 2.57. The Kier molecular flexibility index (Phi) is 7.73. The van der Waals surface area contributed by atoms with E-state index in [2.05, 4.69) is 0 Å². The number of hydrogen-bond donors (Lipinski definition) is 0. The van der Waals surface area contributed by atoms with E-state index in [1.165, 1.54) is 11.1 Å². The number of ether oxygens (including phenoxy) is 1. The number of Topliss-reactive ketones (excluding diaryl/α,β-unsaturated/α-hetero) is 1. The Balaban J connectivity index is 3.59. The Labute approximate surface area is 172 Å². The summed E-state index contributed by atoms with van der Waals surface area (Å²) < 4.78 is 54.0. The number of alkyl halides is 3. The van der Waals surface area contributed by atoms with Crippen LogP contribution in [0.1, 0.15) is 41.5 Å². The van der Waals surface area contributed by atoms with Crippen molar-refractivity contribution in [2.45, 2.75) is 58.9 Å². The third-order valence-corrected chi connectivity index (χ3v) is 8.42. The first kappa shape index (κ1) is 25.6. The van der Waals surface area contributed by atoms with E-state index in [0.717, 1.165) is 4.90 Å². The van der Waals surface area contributed by atoms with Gasteiger partial charge in [0.1, 0.15) is 11.3 Å². The van der Waals surface area contributed by atoms with Crippen LogP contribution in [0, 0.1) is 0 Å². The van der Waals surface area contributed by atoms with Crippen LogP contribution in [-0.2, 0) is 13.7 Å². The molecule has 0 bridgehead atoms. The van der Waals surface area contributed by atoms with Gasteiger partial charge in [0.2, 0.25) is 5.78 Å². The molecule has 0 aromatic carbocycles. The Hall–Kier alpha value is -1.42. The normalized spacial score (nSPS) is 22.9. The molecule has 1 amide bonds. The van der Waals surface area contributed by atoms with Crippen molar-refractivity contribution in [3.05, 3.63) is 11.9 Å². The van der Waals surface area contributed by atoms with Gasteiger partial charge >= 0.3 is 12.3 Å². The zero-order valence-electron chi connectivity index (χ0n) is 18.5. The molecule has 170 valence electrons. The first-order valence-electron chi connectivity index (χ1n) is 9.55. The van der Waals surface area contributed by atoms with Gasteiger partial charge in [0.15, 0.2) is 0 Å². The first-order chi connectivity index (χ1) is 13.1. The number of amides is 1. The summed E-state index contributed by atoms with van der Waals surface area (Å²) in [5, 5.41) is 0. The van der Waals surface area contributed by atoms with Gasteiger partial charge < -0.3 is 13.8 Å². The summed E-state index contributed by atoms with van der Waals surface area (Å²) in [4.78, 5) is 28.0. The lowest BCUT2D eigenvalue weighted by molar-refractivity contribution is -0.232. The Bertz CT molecular complexity index is 647. The van der Waals surface area contributed by atoms with Gasteiger partial charge in [-0.1, -0.05) is 20.8 Å². The van der Waals surface area contributed by atoms with Crippen LogP contribution in [-0.4, -0.2) is 77.0 Å². The van der Waals surface area contributed by atoms with Gasteiger partial charge in [0.25, 0.3) is 5.60 Å². The highest BCUT2D eigenvalue weighted by atomic mass is 32.3. The molecule has 0 spiro atoms. The van der Waals surface area contributed by atoms with E-state index in [-0.39, 0.29) is 0 Å². The van der Waals surface area contributed by atoms with Crippen LogP contribution in [0.2, 0.25) is 0 Å². The maximum Gasteiger partial charge on any atom is 0.428 e. The van der Waals surface area contributed by atoms with Crippen molar-refractivity contribution in [1.29, 1.82) is 0 Å². The van der Waals surface area contributed by atoms with Crippen molar-refractivity contribution >= 4 is 22.2 Å². The number of carbonyl (C=O) groups excluding carboxylic acids is 2. The zero-order chi connectivity index (χ0) is 22.8. The number of nitrogens with zero attached hydrogens (tertiary/aromatic N) is 2. The maximum absolute atomic E-state index is 14.3. The van der Waals surface area contributed by atoms with Crippen molar-refractivity contribution < 1.29 is 31.7 Å². The Morgan fingerprint density at radius 3 is 2.00 bits per heavy atom. The van der Waals surface area contributed by atoms with E-state index < -0.39 is 51.8 Å². The minimum absolute atomic E-state index is 0.379. The highest BCUT2D eigenvalue weighted by Gasteiger charge is 2.70. The molecule has 1 aliphatic heterocycles. The molecule has 0 aliphatic carbocycles. The molecule has 1 heterocycles. The molecular formula is C19H33F3N2O4S. The average Bonchev–Trinajstić information content (AvgIpc) is 2.84. The van der Waals surface area contributed by atoms with Crippen molar-refractivity contribution in [3.8, 4) is 0 Å². The SMILES string of the molecule is CCS(CC)(CC)OC1(C(F)(F)F)CN(C(=O)OC(C)(C)C)/C(=C/N(C)C)C1=O. The van der Waals surface area contributed by atoms with Gasteiger partial charge in [-0.3, -0.25) is 9.69 Å². The van der Waals surface area contributed by atoms with Gasteiger partial charge in [0, 0.05) is 20.3 Å². The van der Waals surface area contributed by atoms with Gasteiger partial charge in [-0.05, 0) is 38.0 Å². The van der Waals surface area contributed by atoms with E-state index in [4.69, 9.17) is 8.92 Å². The van der Waals surface area contributed by atoms with Crippen LogP contribution in [0.5, 0.6) is 0 Å². The molecule has 10 heteroatoms. The fourth-order valence-corrected chi connectivity index (χ4v) is 5.39. The molecule has 0 N–H and O–H groups in total. The van der Waals surface area contributed by atoms with Crippen LogP contribution in [0.4, 0.5) is 18.0 Å². The number of hydrogen-bond acceptors (Lipinski definition) is 5. The van der Waals surface area contributed by atoms with Crippen molar-refractivity contribution in [2.24, 2.45) is 0 Å². The quantitative estimate of drug-likeness (QED) is 0.574. The molecule has 0 saturated carbocycles. The smallest absolute Gasteiger partial charge is 0.428 e. The topological polar surface area (TPSA) is 59.1 Å². The largest absolute Gasteiger partial charge is 0.443 e. The third kappa shape index (κ3) is 5.39. The Morgan fingerprint density at radius 2 is 1.66 bits per heavy atom. The number of rotatable bonds is 6. The minimum Gasteiger partial charge on any atom is -0.443 e. The van der Waals surface area contributed by atoms with Gasteiger partial charge in [-0.2, -0.15) is 13.2 Å². The van der Waals surface area contributed by atoms with Crippen LogP contribution in [0.3, 0.4) is 0 Å². The molecule has 0 aromatic heterocycles. The van der Waals surface area contributed by atoms with E-state index in [1.54, 1.807) is 55.6 Å². The van der Waals surface area contributed by atoms with E-state index in [0.29, 0.717) is 17.3 Å². The van der Waals surface area contributed by atoms with Crippen molar-refractivity contribution in [2.75, 3.05) is 37.9 Å². The van der Waals surface area contributed by atoms with E-state index in [1.807, 2.05) is 0 Å². The third-order valence-electron chi connectivity index (χ3n) is 4.62. The molecule has 1 aliphatic rings. The molecule has 1 saturated heterocycles. The number of ketones is 1. The fraction of sp³-hybridized carbons (Fsp3) is 0.789. The molecular weight excluding hydrogens is 409 g/mol. The second kappa shape index (κ2) is 8.75. The molecule has 1 rings (SSSR count). The van der Waals surface area contributed by atoms with Crippen molar-refractivity contribution in [3.63, 3.8) is 0 Å². The summed E-state index contributed by atoms with van der Waals surface area (Å²) >= 11 is 0. The lowest BCUT2D eigenvalue weighted by Crippen LogP contribution is -2.55. The highest BCUT2D eigenvalue weighted by molar-refractivity contribution is 8.29. The molecule has 29 heavy (non-hydrogen) atoms. The summed E-state index contributed by atoms with van der Waals surface area (Å²) in [5.74, 6) is -0.129. The standard InChI is InChI=1S/C19H33F3N2O4S/c1-9-29(10-2,11-3)28-18(19(20,21)22)13-24(16(26)27-17(4,5)6)14(15(18)25)12-23(7)8/h12H,9-11,13H2,1-8H3/b14-12+. The summed E-state index contributed by atoms with van der Waals surface area (Å²) in [7, 11) is 0.950. The summed E-state index contributed by atoms with van der Waals surface area (Å²) in [6.45, 7) is 9.12. The summed E-state index contributed by atoms with van der Waals surface area (Å²) in [6, 6.07) is 0. The van der Waals surface area contributed by atoms with E-state index >= 15 is 0 Å². The molecule has 0 radical (unpaired) electrons. The van der Waals surface area contributed by atoms with Gasteiger partial charge in [0.05, 0.1) is 6.54 Å². The fourth-order valence-electron chi connectivity index (χ4n) is 2.98. The van der Waals surface area contributed by atoms with Gasteiger partial charge in [-0.25, -0.2) is 4.79 Å². The first-order valence-corrected chi connectivity index (χ1v) is 11.6. The average molecular weight is 443 g/mol. The lowest BCUT2D eigenvalue weighted by Gasteiger charge is -2.44. The predicted octanol–water partition coefficient (Wildman–Crippen LogP) is 4.31. The lowest BCUT2D eigenvalue weighted by atomic mass is 10.0. The second-order valence-electron chi connectivity index (χ2n) is 8.11. The van der Waals surface area contributed by atoms with Crippen molar-refractivity contribution in [1.82, 2.24) is 9.80 Å². The monoisotopic (exact) mass is 442 g/mol.